The highest BCUT2D eigenvalue weighted by atomic mass is 79.9. The molecular weight excluding hydrogens is 328 g/mol. The van der Waals surface area contributed by atoms with Crippen LogP contribution >= 0.6 is 15.9 Å². The highest BCUT2D eigenvalue weighted by Crippen LogP contribution is 2.24. The van der Waals surface area contributed by atoms with Gasteiger partial charge in [0.2, 0.25) is 0 Å². The van der Waals surface area contributed by atoms with Crippen LogP contribution in [0.4, 0.5) is 8.78 Å². The van der Waals surface area contributed by atoms with Crippen LogP contribution in [-0.2, 0) is 0 Å². The van der Waals surface area contributed by atoms with E-state index in [4.69, 9.17) is 0 Å². The van der Waals surface area contributed by atoms with E-state index >= 15 is 0 Å². The fourth-order valence-electron chi connectivity index (χ4n) is 2.13. The van der Waals surface area contributed by atoms with E-state index in [1.807, 2.05) is 6.07 Å². The van der Waals surface area contributed by atoms with E-state index < -0.39 is 17.4 Å². The molecule has 100 valence electrons. The van der Waals surface area contributed by atoms with E-state index in [1.54, 1.807) is 18.3 Å². The minimum absolute atomic E-state index is 0.00804. The molecule has 3 aromatic rings. The van der Waals surface area contributed by atoms with E-state index in [1.165, 1.54) is 0 Å². The number of fused-ring (bicyclic) bond motifs is 1. The first-order chi connectivity index (χ1) is 9.54. The molecule has 3 rings (SSSR count). The number of aromatic amines is 1. The van der Waals surface area contributed by atoms with Crippen LogP contribution in [0, 0.1) is 11.6 Å². The number of rotatable bonds is 2. The fraction of sp³-hybridized carbons (Fsp3) is 0. The Hall–Kier alpha value is -2.01. The molecule has 0 fully saturated rings. The lowest BCUT2D eigenvalue weighted by Gasteiger charge is -2.01. The molecule has 0 aliphatic rings. The van der Waals surface area contributed by atoms with Gasteiger partial charge in [0.25, 0.3) is 0 Å². The first kappa shape index (κ1) is 13.0. The zero-order valence-electron chi connectivity index (χ0n) is 10.1. The summed E-state index contributed by atoms with van der Waals surface area (Å²) in [6.07, 6.45) is 1.54. The molecule has 1 aromatic heterocycles. The third-order valence-electron chi connectivity index (χ3n) is 3.01. The largest absolute Gasteiger partial charge is 0.360 e. The van der Waals surface area contributed by atoms with Gasteiger partial charge in [0, 0.05) is 38.8 Å². The summed E-state index contributed by atoms with van der Waals surface area (Å²) in [5.74, 6) is -1.95. The quantitative estimate of drug-likeness (QED) is 0.690. The Morgan fingerprint density at radius 3 is 2.45 bits per heavy atom. The Morgan fingerprint density at radius 1 is 1.05 bits per heavy atom. The summed E-state index contributed by atoms with van der Waals surface area (Å²) in [5.41, 5.74) is 1.16. The van der Waals surface area contributed by atoms with Crippen molar-refractivity contribution in [1.82, 2.24) is 4.98 Å². The minimum atomic E-state index is -0.768. The predicted octanol–water partition coefficient (Wildman–Crippen LogP) is 4.44. The number of halogens is 3. The van der Waals surface area contributed by atoms with E-state index in [0.29, 0.717) is 10.9 Å². The predicted molar refractivity (Wildman–Crippen MR) is 75.8 cm³/mol. The third kappa shape index (κ3) is 2.25. The lowest BCUT2D eigenvalue weighted by molar-refractivity contribution is 0.103. The van der Waals surface area contributed by atoms with Crippen molar-refractivity contribution in [3.05, 3.63) is 69.8 Å². The normalized spacial score (nSPS) is 10.9. The summed E-state index contributed by atoms with van der Waals surface area (Å²) in [6.45, 7) is 0. The molecule has 5 heteroatoms. The monoisotopic (exact) mass is 335 g/mol. The molecule has 0 radical (unpaired) electrons. The molecule has 0 unspecified atom stereocenters. The van der Waals surface area contributed by atoms with Crippen molar-refractivity contribution in [3.63, 3.8) is 0 Å². The van der Waals surface area contributed by atoms with Gasteiger partial charge in [0.1, 0.15) is 11.6 Å². The molecule has 0 aliphatic carbocycles. The van der Waals surface area contributed by atoms with E-state index in [9.17, 15) is 13.6 Å². The molecule has 0 saturated heterocycles. The molecule has 0 bridgehead atoms. The SMILES string of the molecule is O=C(c1cc(F)cc(F)c1)c1c[nH]c2cc(Br)ccc12. The molecule has 1 heterocycles. The Kier molecular flexibility index (Phi) is 3.14. The van der Waals surface area contributed by atoms with Gasteiger partial charge in [0.15, 0.2) is 5.78 Å². The van der Waals surface area contributed by atoms with E-state index in [-0.39, 0.29) is 5.56 Å². The van der Waals surface area contributed by atoms with Crippen LogP contribution in [0.5, 0.6) is 0 Å². The topological polar surface area (TPSA) is 32.9 Å². The number of carbonyl (C=O) groups excluding carboxylic acids is 1. The van der Waals surface area contributed by atoms with Crippen molar-refractivity contribution < 1.29 is 13.6 Å². The summed E-state index contributed by atoms with van der Waals surface area (Å²) in [4.78, 5) is 15.3. The van der Waals surface area contributed by atoms with Crippen LogP contribution in [0.25, 0.3) is 10.9 Å². The Morgan fingerprint density at radius 2 is 1.75 bits per heavy atom. The van der Waals surface area contributed by atoms with Gasteiger partial charge < -0.3 is 4.98 Å². The molecule has 0 atom stereocenters. The molecule has 0 amide bonds. The number of hydrogen-bond donors (Lipinski definition) is 1. The fourth-order valence-corrected chi connectivity index (χ4v) is 2.49. The van der Waals surface area contributed by atoms with Gasteiger partial charge >= 0.3 is 0 Å². The van der Waals surface area contributed by atoms with Crippen LogP contribution in [-0.4, -0.2) is 10.8 Å². The Labute approximate surface area is 121 Å². The van der Waals surface area contributed by atoms with Gasteiger partial charge in [-0.25, -0.2) is 8.78 Å². The second-order valence-corrected chi connectivity index (χ2v) is 5.30. The molecule has 1 N–H and O–H groups in total. The number of nitrogens with one attached hydrogen (secondary N) is 1. The van der Waals surface area contributed by atoms with Crippen LogP contribution < -0.4 is 0 Å². The van der Waals surface area contributed by atoms with Crippen molar-refractivity contribution in [2.75, 3.05) is 0 Å². The number of aromatic nitrogens is 1. The van der Waals surface area contributed by atoms with Crippen LogP contribution in [0.3, 0.4) is 0 Å². The molecule has 0 spiro atoms. The molecule has 0 saturated carbocycles. The summed E-state index contributed by atoms with van der Waals surface area (Å²) in [5, 5.41) is 0.711. The van der Waals surface area contributed by atoms with Crippen molar-refractivity contribution >= 4 is 32.6 Å². The second-order valence-electron chi connectivity index (χ2n) is 4.38. The number of H-pyrrole nitrogens is 1. The lowest BCUT2D eigenvalue weighted by atomic mass is 10.0. The maximum absolute atomic E-state index is 13.2. The molecule has 2 aromatic carbocycles. The summed E-state index contributed by atoms with van der Waals surface area (Å²) in [7, 11) is 0. The number of benzene rings is 2. The van der Waals surface area contributed by atoms with Crippen molar-refractivity contribution in [1.29, 1.82) is 0 Å². The summed E-state index contributed by atoms with van der Waals surface area (Å²) >= 11 is 3.34. The third-order valence-corrected chi connectivity index (χ3v) is 3.51. The first-order valence-electron chi connectivity index (χ1n) is 5.82. The zero-order valence-corrected chi connectivity index (χ0v) is 11.7. The second kappa shape index (κ2) is 4.83. The number of carbonyl (C=O) groups is 1. The van der Waals surface area contributed by atoms with E-state index in [0.717, 1.165) is 28.2 Å². The first-order valence-corrected chi connectivity index (χ1v) is 6.61. The van der Waals surface area contributed by atoms with Gasteiger partial charge in [-0.05, 0) is 24.3 Å². The van der Waals surface area contributed by atoms with Crippen LogP contribution in [0.2, 0.25) is 0 Å². The Bertz CT molecular complexity index is 806. The zero-order chi connectivity index (χ0) is 14.3. The molecular formula is C15H8BrF2NO. The van der Waals surface area contributed by atoms with Gasteiger partial charge in [0.05, 0.1) is 0 Å². The molecule has 20 heavy (non-hydrogen) atoms. The summed E-state index contributed by atoms with van der Waals surface area (Å²) in [6, 6.07) is 8.21. The maximum Gasteiger partial charge on any atom is 0.195 e. The standard InChI is InChI=1S/C15H8BrF2NO/c16-9-1-2-12-13(7-19-14(12)5-9)15(20)8-3-10(17)6-11(18)4-8/h1-7,19H. The van der Waals surface area contributed by atoms with Crippen LogP contribution in [0.15, 0.2) is 47.1 Å². The van der Waals surface area contributed by atoms with Gasteiger partial charge in [-0.2, -0.15) is 0 Å². The lowest BCUT2D eigenvalue weighted by Crippen LogP contribution is -2.01. The number of hydrogen-bond acceptors (Lipinski definition) is 1. The smallest absolute Gasteiger partial charge is 0.195 e. The highest BCUT2D eigenvalue weighted by molar-refractivity contribution is 9.10. The van der Waals surface area contributed by atoms with Crippen LogP contribution in [0.1, 0.15) is 15.9 Å². The van der Waals surface area contributed by atoms with Gasteiger partial charge in [-0.3, -0.25) is 4.79 Å². The van der Waals surface area contributed by atoms with Crippen molar-refractivity contribution in [3.8, 4) is 0 Å². The average molecular weight is 336 g/mol. The average Bonchev–Trinajstić information content (AvgIpc) is 2.79. The maximum atomic E-state index is 13.2. The molecule has 2 nitrogen and oxygen atoms in total. The minimum Gasteiger partial charge on any atom is -0.360 e. The van der Waals surface area contributed by atoms with Crippen molar-refractivity contribution in [2.45, 2.75) is 0 Å². The van der Waals surface area contributed by atoms with Crippen molar-refractivity contribution in [2.24, 2.45) is 0 Å². The van der Waals surface area contributed by atoms with Gasteiger partial charge in [-0.15, -0.1) is 0 Å². The number of ketones is 1. The van der Waals surface area contributed by atoms with Gasteiger partial charge in [-0.1, -0.05) is 22.0 Å². The van der Waals surface area contributed by atoms with E-state index in [2.05, 4.69) is 20.9 Å². The highest BCUT2D eigenvalue weighted by Gasteiger charge is 2.16. The summed E-state index contributed by atoms with van der Waals surface area (Å²) < 4.78 is 27.3. The molecule has 0 aliphatic heterocycles. The Balaban J connectivity index is 2.12.